The molecule has 1 aromatic heterocycles. The van der Waals surface area contributed by atoms with Gasteiger partial charge in [0.15, 0.2) is 0 Å². The molecule has 0 bridgehead atoms. The third-order valence-corrected chi connectivity index (χ3v) is 3.92. The molecular formula is C12H16N4O3. The Bertz CT molecular complexity index is 521. The zero-order valence-electron chi connectivity index (χ0n) is 10.5. The predicted molar refractivity (Wildman–Crippen MR) is 65.3 cm³/mol. The Morgan fingerprint density at radius 1 is 1.42 bits per heavy atom. The molecule has 102 valence electrons. The van der Waals surface area contributed by atoms with E-state index in [1.54, 1.807) is 11.1 Å². The van der Waals surface area contributed by atoms with Crippen LogP contribution in [0.25, 0.3) is 0 Å². The van der Waals surface area contributed by atoms with E-state index in [0.717, 1.165) is 12.4 Å². The van der Waals surface area contributed by atoms with E-state index in [-0.39, 0.29) is 12.6 Å². The van der Waals surface area contributed by atoms with Gasteiger partial charge in [-0.15, -0.1) is 0 Å². The van der Waals surface area contributed by atoms with E-state index < -0.39 is 11.4 Å². The number of nitrogens with zero attached hydrogens (tertiary/aromatic N) is 3. The highest BCUT2D eigenvalue weighted by Crippen LogP contribution is 2.45. The second kappa shape index (κ2) is 4.25. The Morgan fingerprint density at radius 2 is 2.21 bits per heavy atom. The number of imidazole rings is 1. The monoisotopic (exact) mass is 264 g/mol. The number of fused-ring (bicyclic) bond motifs is 1. The van der Waals surface area contributed by atoms with Crippen LogP contribution in [0.1, 0.15) is 18.7 Å². The quantitative estimate of drug-likeness (QED) is 0.820. The number of hydrogen-bond acceptors (Lipinski definition) is 3. The zero-order valence-corrected chi connectivity index (χ0v) is 10.5. The van der Waals surface area contributed by atoms with Crippen LogP contribution in [0.4, 0.5) is 4.79 Å². The number of carboxylic acids is 1. The molecule has 2 aliphatic rings. The van der Waals surface area contributed by atoms with Crippen LogP contribution in [0.3, 0.4) is 0 Å². The fourth-order valence-corrected chi connectivity index (χ4v) is 2.32. The second-order valence-electron chi connectivity index (χ2n) is 5.20. The molecule has 1 fully saturated rings. The normalized spacial score (nSPS) is 19.7. The van der Waals surface area contributed by atoms with E-state index in [1.807, 2.05) is 10.8 Å². The first-order valence-corrected chi connectivity index (χ1v) is 6.37. The van der Waals surface area contributed by atoms with Crippen molar-refractivity contribution in [3.63, 3.8) is 0 Å². The highest BCUT2D eigenvalue weighted by atomic mass is 16.4. The number of rotatable bonds is 3. The number of carbonyl (C=O) groups excluding carboxylic acids is 1. The van der Waals surface area contributed by atoms with Crippen LogP contribution < -0.4 is 5.32 Å². The summed E-state index contributed by atoms with van der Waals surface area (Å²) in [5.74, 6) is 0.0442. The number of aromatic nitrogens is 2. The van der Waals surface area contributed by atoms with Crippen LogP contribution >= 0.6 is 0 Å². The van der Waals surface area contributed by atoms with Crippen molar-refractivity contribution in [3.05, 3.63) is 18.2 Å². The molecular weight excluding hydrogens is 248 g/mol. The van der Waals surface area contributed by atoms with Crippen molar-refractivity contribution in [1.29, 1.82) is 0 Å². The molecule has 1 saturated carbocycles. The average molecular weight is 264 g/mol. The molecule has 0 spiro atoms. The summed E-state index contributed by atoms with van der Waals surface area (Å²) < 4.78 is 2.02. The van der Waals surface area contributed by atoms with Gasteiger partial charge in [0.25, 0.3) is 0 Å². The summed E-state index contributed by atoms with van der Waals surface area (Å²) in [6.45, 7) is 2.03. The smallest absolute Gasteiger partial charge is 0.317 e. The molecule has 7 nitrogen and oxygen atoms in total. The third-order valence-electron chi connectivity index (χ3n) is 3.92. The maximum Gasteiger partial charge on any atom is 0.317 e. The number of carbonyl (C=O) groups is 2. The minimum absolute atomic E-state index is 0.207. The number of urea groups is 1. The first-order valence-electron chi connectivity index (χ1n) is 6.37. The molecule has 2 amide bonds. The van der Waals surface area contributed by atoms with Gasteiger partial charge in [-0.1, -0.05) is 0 Å². The Morgan fingerprint density at radius 3 is 2.89 bits per heavy atom. The Kier molecular flexibility index (Phi) is 2.69. The lowest BCUT2D eigenvalue weighted by Crippen LogP contribution is -2.46. The minimum Gasteiger partial charge on any atom is -0.481 e. The molecule has 2 N–H and O–H groups in total. The van der Waals surface area contributed by atoms with Crippen LogP contribution in [-0.2, 0) is 17.9 Å². The van der Waals surface area contributed by atoms with Crippen molar-refractivity contribution < 1.29 is 14.7 Å². The van der Waals surface area contributed by atoms with Crippen molar-refractivity contribution in [2.75, 3.05) is 13.1 Å². The molecule has 0 aromatic carbocycles. The van der Waals surface area contributed by atoms with Crippen LogP contribution in [0.5, 0.6) is 0 Å². The van der Waals surface area contributed by atoms with Crippen molar-refractivity contribution in [1.82, 2.24) is 19.8 Å². The maximum atomic E-state index is 12.0. The van der Waals surface area contributed by atoms with Crippen molar-refractivity contribution in [3.8, 4) is 0 Å². The largest absolute Gasteiger partial charge is 0.481 e. The molecule has 1 aromatic rings. The Hall–Kier alpha value is -2.05. The standard InChI is InChI=1S/C12H16N4O3/c17-10(18)12(1-2-12)8-14-11(19)16-6-5-15-4-3-13-9(15)7-16/h3-4H,1-2,5-8H2,(H,14,19)(H,17,18). The number of carboxylic acid groups (broad SMARTS) is 1. The molecule has 1 aliphatic heterocycles. The number of nitrogens with one attached hydrogen (secondary N) is 1. The molecule has 2 heterocycles. The fourth-order valence-electron chi connectivity index (χ4n) is 2.32. The van der Waals surface area contributed by atoms with E-state index in [4.69, 9.17) is 5.11 Å². The average Bonchev–Trinajstić information content (AvgIpc) is 3.06. The van der Waals surface area contributed by atoms with Crippen molar-refractivity contribution >= 4 is 12.0 Å². The molecule has 3 rings (SSSR count). The maximum absolute atomic E-state index is 12.0. The summed E-state index contributed by atoms with van der Waals surface area (Å²) in [6, 6.07) is -0.207. The van der Waals surface area contributed by atoms with Crippen LogP contribution in [0, 0.1) is 5.41 Å². The Balaban J connectivity index is 1.56. The minimum atomic E-state index is -0.818. The van der Waals surface area contributed by atoms with Gasteiger partial charge in [-0.3, -0.25) is 4.79 Å². The molecule has 19 heavy (non-hydrogen) atoms. The highest BCUT2D eigenvalue weighted by molar-refractivity contribution is 5.80. The summed E-state index contributed by atoms with van der Waals surface area (Å²) in [6.07, 6.45) is 4.91. The van der Waals surface area contributed by atoms with Crippen molar-refractivity contribution in [2.24, 2.45) is 5.41 Å². The number of amides is 2. The van der Waals surface area contributed by atoms with Gasteiger partial charge in [-0.2, -0.15) is 0 Å². The van der Waals surface area contributed by atoms with E-state index in [9.17, 15) is 9.59 Å². The summed E-state index contributed by atoms with van der Waals surface area (Å²) in [4.78, 5) is 28.9. The lowest BCUT2D eigenvalue weighted by atomic mass is 10.1. The topological polar surface area (TPSA) is 87.5 Å². The number of aliphatic carboxylic acids is 1. The van der Waals surface area contributed by atoms with Gasteiger partial charge in [-0.05, 0) is 12.8 Å². The fraction of sp³-hybridized carbons (Fsp3) is 0.583. The van der Waals surface area contributed by atoms with Crippen LogP contribution in [0.2, 0.25) is 0 Å². The molecule has 0 atom stereocenters. The van der Waals surface area contributed by atoms with Gasteiger partial charge >= 0.3 is 12.0 Å². The first-order chi connectivity index (χ1) is 9.11. The molecule has 7 heteroatoms. The molecule has 0 radical (unpaired) electrons. The van der Waals surface area contributed by atoms with Crippen molar-refractivity contribution in [2.45, 2.75) is 25.9 Å². The SMILES string of the molecule is O=C(NCC1(C(=O)O)CC1)N1CCn2ccnc2C1. The van der Waals surface area contributed by atoms with E-state index in [1.165, 1.54) is 0 Å². The van der Waals surface area contributed by atoms with Gasteiger partial charge < -0.3 is 19.9 Å². The van der Waals surface area contributed by atoms with Crippen LogP contribution in [-0.4, -0.2) is 44.6 Å². The lowest BCUT2D eigenvalue weighted by molar-refractivity contribution is -0.143. The van der Waals surface area contributed by atoms with Crippen LogP contribution in [0.15, 0.2) is 12.4 Å². The van der Waals surface area contributed by atoms with Gasteiger partial charge in [0.05, 0.1) is 12.0 Å². The van der Waals surface area contributed by atoms with Gasteiger partial charge in [0.1, 0.15) is 5.82 Å². The van der Waals surface area contributed by atoms with E-state index >= 15 is 0 Å². The van der Waals surface area contributed by atoms with Gasteiger partial charge in [0, 0.05) is 32.0 Å². The molecule has 0 unspecified atom stereocenters. The van der Waals surface area contributed by atoms with E-state index in [2.05, 4.69) is 10.3 Å². The summed E-state index contributed by atoms with van der Waals surface area (Å²) in [7, 11) is 0. The Labute approximate surface area is 110 Å². The molecule has 1 aliphatic carbocycles. The summed E-state index contributed by atoms with van der Waals surface area (Å²) in [5.41, 5.74) is -0.718. The number of hydrogen-bond donors (Lipinski definition) is 2. The molecule has 0 saturated heterocycles. The lowest BCUT2D eigenvalue weighted by Gasteiger charge is -2.28. The van der Waals surface area contributed by atoms with E-state index in [0.29, 0.717) is 25.9 Å². The summed E-state index contributed by atoms with van der Waals surface area (Å²) in [5, 5.41) is 11.8. The van der Waals surface area contributed by atoms with Gasteiger partial charge in [-0.25, -0.2) is 9.78 Å². The van der Waals surface area contributed by atoms with Gasteiger partial charge in [0.2, 0.25) is 0 Å². The highest BCUT2D eigenvalue weighted by Gasteiger charge is 2.50. The zero-order chi connectivity index (χ0) is 13.5. The summed E-state index contributed by atoms with van der Waals surface area (Å²) >= 11 is 0. The third kappa shape index (κ3) is 2.16. The second-order valence-corrected chi connectivity index (χ2v) is 5.20. The predicted octanol–water partition coefficient (Wildman–Crippen LogP) is 0.273. The first kappa shape index (κ1) is 12.0.